The van der Waals surface area contributed by atoms with Gasteiger partial charge in [0.1, 0.15) is 0 Å². The molecule has 2 atom stereocenters. The molecular formula is C13H19NO2S. The molecule has 1 aromatic carbocycles. The normalized spacial score (nSPS) is 26.5. The van der Waals surface area contributed by atoms with Crippen LogP contribution in [0.2, 0.25) is 0 Å². The summed E-state index contributed by atoms with van der Waals surface area (Å²) >= 11 is 0. The smallest absolute Gasteiger partial charge is 0.181 e. The van der Waals surface area contributed by atoms with Crippen LogP contribution in [0.25, 0.3) is 0 Å². The van der Waals surface area contributed by atoms with Gasteiger partial charge in [0.2, 0.25) is 0 Å². The minimum atomic E-state index is -3.12. The molecule has 0 bridgehead atoms. The zero-order valence-electron chi connectivity index (χ0n) is 10.3. The Bertz CT molecular complexity index is 496. The van der Waals surface area contributed by atoms with Gasteiger partial charge in [0.15, 0.2) is 9.84 Å². The third-order valence-corrected chi connectivity index (χ3v) is 5.58. The molecule has 0 spiro atoms. The fraction of sp³-hybridized carbons (Fsp3) is 0.538. The van der Waals surface area contributed by atoms with Crippen LogP contribution in [-0.2, 0) is 9.84 Å². The molecule has 0 amide bonds. The predicted molar refractivity (Wildman–Crippen MR) is 68.7 cm³/mol. The highest BCUT2D eigenvalue weighted by atomic mass is 32.2. The molecule has 1 aromatic rings. The largest absolute Gasteiger partial charge is 0.310 e. The maximum absolute atomic E-state index is 12.2. The lowest BCUT2D eigenvalue weighted by Gasteiger charge is -2.30. The van der Waals surface area contributed by atoms with Gasteiger partial charge >= 0.3 is 0 Å². The maximum Gasteiger partial charge on any atom is 0.181 e. The molecule has 2 rings (SSSR count). The van der Waals surface area contributed by atoms with E-state index < -0.39 is 9.84 Å². The van der Waals surface area contributed by atoms with E-state index in [1.54, 1.807) is 19.1 Å². The van der Waals surface area contributed by atoms with Gasteiger partial charge in [0, 0.05) is 6.04 Å². The first kappa shape index (κ1) is 12.6. The van der Waals surface area contributed by atoms with E-state index >= 15 is 0 Å². The molecule has 2 unspecified atom stereocenters. The van der Waals surface area contributed by atoms with E-state index in [1.165, 1.54) is 0 Å². The summed E-state index contributed by atoms with van der Waals surface area (Å²) in [6.45, 7) is 4.83. The fourth-order valence-corrected chi connectivity index (χ4v) is 4.03. The van der Waals surface area contributed by atoms with Crippen LogP contribution in [0.4, 0.5) is 0 Å². The molecule has 1 aliphatic rings. The number of fused-ring (bicyclic) bond motifs is 1. The van der Waals surface area contributed by atoms with Crippen molar-refractivity contribution in [3.05, 3.63) is 29.8 Å². The third kappa shape index (κ3) is 2.24. The summed E-state index contributed by atoms with van der Waals surface area (Å²) in [7, 11) is -3.12. The Kier molecular flexibility index (Phi) is 3.54. The van der Waals surface area contributed by atoms with Gasteiger partial charge in [0.25, 0.3) is 0 Å². The van der Waals surface area contributed by atoms with Crippen LogP contribution in [-0.4, -0.2) is 20.2 Å². The quantitative estimate of drug-likeness (QED) is 0.899. The number of rotatable bonds is 3. The molecule has 0 aliphatic carbocycles. The topological polar surface area (TPSA) is 46.2 Å². The highest BCUT2D eigenvalue weighted by Gasteiger charge is 2.35. The zero-order chi connectivity index (χ0) is 12.5. The molecule has 1 aliphatic heterocycles. The standard InChI is InChI=1S/C13H19NO2S/c1-3-8-14-12-9-10(2)17(15,16)13-7-5-4-6-11(12)13/h4-7,10,12,14H,3,8-9H2,1-2H3. The summed E-state index contributed by atoms with van der Waals surface area (Å²) in [6, 6.07) is 7.52. The maximum atomic E-state index is 12.2. The molecule has 94 valence electrons. The summed E-state index contributed by atoms with van der Waals surface area (Å²) in [5, 5.41) is 3.13. The van der Waals surface area contributed by atoms with Crippen LogP contribution >= 0.6 is 0 Å². The first-order valence-corrected chi connectivity index (χ1v) is 7.68. The van der Waals surface area contributed by atoms with E-state index in [0.29, 0.717) is 11.3 Å². The lowest BCUT2D eigenvalue weighted by Crippen LogP contribution is -2.34. The Morgan fingerprint density at radius 2 is 2.06 bits per heavy atom. The van der Waals surface area contributed by atoms with Gasteiger partial charge in [-0.15, -0.1) is 0 Å². The molecule has 17 heavy (non-hydrogen) atoms. The summed E-state index contributed by atoms with van der Waals surface area (Å²) in [5.74, 6) is 0. The van der Waals surface area contributed by atoms with Gasteiger partial charge in [-0.25, -0.2) is 8.42 Å². The summed E-state index contributed by atoms with van der Waals surface area (Å²) in [5.41, 5.74) is 0.930. The van der Waals surface area contributed by atoms with Gasteiger partial charge in [-0.1, -0.05) is 25.1 Å². The van der Waals surface area contributed by atoms with Crippen molar-refractivity contribution in [1.82, 2.24) is 5.32 Å². The van der Waals surface area contributed by atoms with E-state index in [2.05, 4.69) is 12.2 Å². The molecule has 0 fully saturated rings. The molecule has 0 saturated carbocycles. The lowest BCUT2D eigenvalue weighted by atomic mass is 10.0. The summed E-state index contributed by atoms with van der Waals surface area (Å²) in [6.07, 6.45) is 1.72. The molecule has 3 nitrogen and oxygen atoms in total. The Morgan fingerprint density at radius 3 is 2.76 bits per heavy atom. The fourth-order valence-electron chi connectivity index (χ4n) is 2.34. The number of hydrogen-bond donors (Lipinski definition) is 1. The number of sulfone groups is 1. The van der Waals surface area contributed by atoms with Crippen molar-refractivity contribution in [2.24, 2.45) is 0 Å². The first-order valence-electron chi connectivity index (χ1n) is 6.13. The molecule has 1 heterocycles. The Morgan fingerprint density at radius 1 is 1.35 bits per heavy atom. The lowest BCUT2D eigenvalue weighted by molar-refractivity contribution is 0.463. The van der Waals surface area contributed by atoms with Crippen LogP contribution in [0.3, 0.4) is 0 Å². The van der Waals surface area contributed by atoms with E-state index in [-0.39, 0.29) is 11.3 Å². The number of nitrogens with one attached hydrogen (secondary N) is 1. The average Bonchev–Trinajstić information content (AvgIpc) is 2.33. The third-order valence-electron chi connectivity index (χ3n) is 3.34. The van der Waals surface area contributed by atoms with Gasteiger partial charge in [-0.3, -0.25) is 0 Å². The van der Waals surface area contributed by atoms with Gasteiger partial charge < -0.3 is 5.32 Å². The van der Waals surface area contributed by atoms with E-state index in [9.17, 15) is 8.42 Å². The molecule has 4 heteroatoms. The number of hydrogen-bond acceptors (Lipinski definition) is 3. The van der Waals surface area contributed by atoms with Crippen molar-refractivity contribution in [2.45, 2.75) is 42.9 Å². The average molecular weight is 253 g/mol. The van der Waals surface area contributed by atoms with Crippen molar-refractivity contribution in [3.8, 4) is 0 Å². The first-order chi connectivity index (χ1) is 8.07. The van der Waals surface area contributed by atoms with Gasteiger partial charge in [0.05, 0.1) is 10.1 Å². The minimum absolute atomic E-state index is 0.171. The van der Waals surface area contributed by atoms with E-state index in [1.807, 2.05) is 12.1 Å². The van der Waals surface area contributed by atoms with Crippen LogP contribution in [0, 0.1) is 0 Å². The summed E-state index contributed by atoms with van der Waals surface area (Å²) < 4.78 is 24.4. The van der Waals surface area contributed by atoms with Crippen molar-refractivity contribution in [2.75, 3.05) is 6.54 Å². The highest BCUT2D eigenvalue weighted by Crippen LogP contribution is 2.35. The molecule has 0 aromatic heterocycles. The summed E-state index contributed by atoms with van der Waals surface area (Å²) in [4.78, 5) is 0.507. The second kappa shape index (κ2) is 4.78. The SMILES string of the molecule is CCCNC1CC(C)S(=O)(=O)c2ccccc21. The van der Waals surface area contributed by atoms with Gasteiger partial charge in [-0.05, 0) is 37.9 Å². The molecule has 0 radical (unpaired) electrons. The molecular weight excluding hydrogens is 234 g/mol. The molecule has 1 N–H and O–H groups in total. The second-order valence-electron chi connectivity index (χ2n) is 4.64. The Hall–Kier alpha value is -0.870. The van der Waals surface area contributed by atoms with Crippen molar-refractivity contribution in [3.63, 3.8) is 0 Å². The van der Waals surface area contributed by atoms with E-state index in [0.717, 1.165) is 18.5 Å². The predicted octanol–water partition coefficient (Wildman–Crippen LogP) is 2.29. The van der Waals surface area contributed by atoms with Crippen molar-refractivity contribution in [1.29, 1.82) is 0 Å². The minimum Gasteiger partial charge on any atom is -0.310 e. The van der Waals surface area contributed by atoms with E-state index in [4.69, 9.17) is 0 Å². The van der Waals surface area contributed by atoms with Crippen molar-refractivity contribution < 1.29 is 8.42 Å². The van der Waals surface area contributed by atoms with Crippen LogP contribution in [0.5, 0.6) is 0 Å². The second-order valence-corrected chi connectivity index (χ2v) is 6.97. The molecule has 0 saturated heterocycles. The Labute approximate surface area is 103 Å². The van der Waals surface area contributed by atoms with Crippen LogP contribution in [0.15, 0.2) is 29.2 Å². The zero-order valence-corrected chi connectivity index (χ0v) is 11.1. The highest BCUT2D eigenvalue weighted by molar-refractivity contribution is 7.92. The Balaban J connectivity index is 2.42. The van der Waals surface area contributed by atoms with Crippen LogP contribution < -0.4 is 5.32 Å². The number of benzene rings is 1. The monoisotopic (exact) mass is 253 g/mol. The van der Waals surface area contributed by atoms with Gasteiger partial charge in [-0.2, -0.15) is 0 Å². The van der Waals surface area contributed by atoms with Crippen LogP contribution in [0.1, 0.15) is 38.3 Å². The van der Waals surface area contributed by atoms with Crippen molar-refractivity contribution >= 4 is 9.84 Å².